The van der Waals surface area contributed by atoms with Crippen molar-refractivity contribution in [1.29, 1.82) is 0 Å². The zero-order valence-corrected chi connectivity index (χ0v) is 32.5. The molecule has 0 bridgehead atoms. The van der Waals surface area contributed by atoms with Crippen LogP contribution in [0.5, 0.6) is 0 Å². The Morgan fingerprint density at radius 3 is 1.45 bits per heavy atom. The third-order valence-corrected chi connectivity index (χ3v) is 12.7. The van der Waals surface area contributed by atoms with Crippen molar-refractivity contribution in [2.24, 2.45) is 0 Å². The van der Waals surface area contributed by atoms with Gasteiger partial charge in [-0.25, -0.2) is 0 Å². The smallest absolute Gasteiger partial charge is 0.233 e. The van der Waals surface area contributed by atoms with Crippen LogP contribution in [0.1, 0.15) is 11.1 Å². The molecular formula is C56H36N3O+. The molecule has 60 heavy (non-hydrogen) atoms. The SMILES string of the molecule is C1=C[N+](c2ccccc2)=C2C=C3C(=CC2O1)c1ccccc1-c1cc(-n2c4ccccc4c4ccccc42)ccc1-c1ccc(-n2c4ccccc4c4ccccc42)cc13. The highest BCUT2D eigenvalue weighted by atomic mass is 16.5. The number of hydrogen-bond acceptors (Lipinski definition) is 1. The molecule has 3 aliphatic rings. The van der Waals surface area contributed by atoms with E-state index >= 15 is 0 Å². The van der Waals surface area contributed by atoms with E-state index < -0.39 is 0 Å². The molecule has 0 saturated heterocycles. The first kappa shape index (κ1) is 33.1. The van der Waals surface area contributed by atoms with Crippen molar-refractivity contribution in [3.8, 4) is 33.6 Å². The fourth-order valence-corrected chi connectivity index (χ4v) is 10.1. The molecule has 4 heteroatoms. The summed E-state index contributed by atoms with van der Waals surface area (Å²) in [5, 5.41) is 5.00. The summed E-state index contributed by atoms with van der Waals surface area (Å²) < 4.78 is 13.6. The van der Waals surface area contributed by atoms with E-state index in [1.165, 1.54) is 82.6 Å². The number of para-hydroxylation sites is 5. The first-order valence-electron chi connectivity index (χ1n) is 20.6. The highest BCUT2D eigenvalue weighted by Gasteiger charge is 2.36. The molecule has 13 rings (SSSR count). The lowest BCUT2D eigenvalue weighted by Gasteiger charge is -2.29. The number of allylic oxidation sites excluding steroid dienone is 2. The third-order valence-electron chi connectivity index (χ3n) is 12.7. The normalized spacial score (nSPS) is 15.4. The number of aromatic nitrogens is 2. The van der Waals surface area contributed by atoms with E-state index in [2.05, 4.69) is 214 Å². The van der Waals surface area contributed by atoms with Gasteiger partial charge in [0, 0.05) is 51.1 Å². The van der Waals surface area contributed by atoms with Crippen molar-refractivity contribution in [2.45, 2.75) is 6.10 Å². The van der Waals surface area contributed by atoms with Crippen LogP contribution in [-0.2, 0) is 4.74 Å². The molecule has 280 valence electrons. The molecule has 1 atom stereocenters. The molecule has 3 heterocycles. The maximum Gasteiger partial charge on any atom is 0.233 e. The summed E-state index contributed by atoms with van der Waals surface area (Å²) >= 11 is 0. The van der Waals surface area contributed by atoms with Gasteiger partial charge in [0.1, 0.15) is 6.26 Å². The van der Waals surface area contributed by atoms with E-state index in [9.17, 15) is 0 Å². The Morgan fingerprint density at radius 1 is 0.400 bits per heavy atom. The summed E-state index contributed by atoms with van der Waals surface area (Å²) in [4.78, 5) is 0. The summed E-state index contributed by atoms with van der Waals surface area (Å²) in [6, 6.07) is 68.6. The Labute approximate surface area is 346 Å². The molecule has 1 aliphatic heterocycles. The minimum absolute atomic E-state index is 0.270. The molecule has 0 amide bonds. The van der Waals surface area contributed by atoms with Crippen molar-refractivity contribution in [3.05, 3.63) is 224 Å². The third kappa shape index (κ3) is 4.76. The molecule has 4 nitrogen and oxygen atoms in total. The Morgan fingerprint density at radius 2 is 0.867 bits per heavy atom. The molecule has 10 aromatic rings. The van der Waals surface area contributed by atoms with E-state index in [0.717, 1.165) is 28.3 Å². The van der Waals surface area contributed by atoms with Crippen LogP contribution in [0.4, 0.5) is 5.69 Å². The Balaban J connectivity index is 1.13. The number of benzene rings is 8. The predicted octanol–water partition coefficient (Wildman–Crippen LogP) is 13.7. The average Bonchev–Trinajstić information content (AvgIpc) is 3.84. The van der Waals surface area contributed by atoms with Crippen LogP contribution in [0.3, 0.4) is 0 Å². The Kier molecular flexibility index (Phi) is 7.04. The molecule has 0 spiro atoms. The van der Waals surface area contributed by atoms with Crippen LogP contribution in [-0.4, -0.2) is 25.5 Å². The average molecular weight is 767 g/mol. The zero-order valence-electron chi connectivity index (χ0n) is 32.5. The number of ether oxygens (including phenoxy) is 1. The summed E-state index contributed by atoms with van der Waals surface area (Å²) in [6.07, 6.45) is 8.30. The van der Waals surface area contributed by atoms with Crippen molar-refractivity contribution < 1.29 is 9.31 Å². The molecular weight excluding hydrogens is 731 g/mol. The first-order chi connectivity index (χ1) is 29.8. The van der Waals surface area contributed by atoms with Crippen molar-refractivity contribution in [1.82, 2.24) is 9.13 Å². The van der Waals surface area contributed by atoms with Crippen LogP contribution >= 0.6 is 0 Å². The van der Waals surface area contributed by atoms with Crippen LogP contribution in [0.25, 0.3) is 88.4 Å². The second-order valence-corrected chi connectivity index (χ2v) is 15.9. The van der Waals surface area contributed by atoms with E-state index in [-0.39, 0.29) is 6.10 Å². The monoisotopic (exact) mass is 766 g/mol. The van der Waals surface area contributed by atoms with Gasteiger partial charge in [-0.15, -0.1) is 0 Å². The molecule has 2 aromatic heterocycles. The quantitative estimate of drug-likeness (QED) is 0.164. The lowest BCUT2D eigenvalue weighted by atomic mass is 9.76. The molecule has 1 unspecified atom stereocenters. The highest BCUT2D eigenvalue weighted by molar-refractivity contribution is 6.22. The van der Waals surface area contributed by atoms with Gasteiger partial charge in [0.15, 0.2) is 0 Å². The molecule has 2 aliphatic carbocycles. The van der Waals surface area contributed by atoms with Crippen LogP contribution in [0, 0.1) is 0 Å². The minimum atomic E-state index is -0.270. The van der Waals surface area contributed by atoms with Gasteiger partial charge in [0.05, 0.1) is 22.1 Å². The predicted molar refractivity (Wildman–Crippen MR) is 247 cm³/mol. The van der Waals surface area contributed by atoms with Crippen molar-refractivity contribution in [3.63, 3.8) is 0 Å². The summed E-state index contributed by atoms with van der Waals surface area (Å²) in [7, 11) is 0. The van der Waals surface area contributed by atoms with Gasteiger partial charge >= 0.3 is 0 Å². The fraction of sp³-hybridized carbons (Fsp3) is 0.0179. The number of hydrogen-bond donors (Lipinski definition) is 0. The van der Waals surface area contributed by atoms with Crippen LogP contribution in [0.15, 0.2) is 213 Å². The zero-order chi connectivity index (χ0) is 39.3. The fourth-order valence-electron chi connectivity index (χ4n) is 10.1. The molecule has 0 N–H and O–H groups in total. The van der Waals surface area contributed by atoms with Crippen molar-refractivity contribution >= 4 is 66.2 Å². The van der Waals surface area contributed by atoms with Gasteiger partial charge < -0.3 is 13.9 Å². The lowest BCUT2D eigenvalue weighted by molar-refractivity contribution is -0.370. The highest BCUT2D eigenvalue weighted by Crippen LogP contribution is 2.50. The number of fused-ring (bicyclic) bond motifs is 15. The summed E-state index contributed by atoms with van der Waals surface area (Å²) in [5.74, 6) is 0. The van der Waals surface area contributed by atoms with E-state index in [1.54, 1.807) is 0 Å². The second kappa shape index (κ2) is 12.8. The van der Waals surface area contributed by atoms with Gasteiger partial charge in [0.25, 0.3) is 0 Å². The Hall–Kier alpha value is -7.95. The molecule has 0 fully saturated rings. The molecule has 0 saturated carbocycles. The van der Waals surface area contributed by atoms with Gasteiger partial charge in [-0.05, 0) is 99.1 Å². The Bertz CT molecular complexity index is 3470. The molecule has 0 radical (unpaired) electrons. The van der Waals surface area contributed by atoms with Crippen LogP contribution < -0.4 is 0 Å². The van der Waals surface area contributed by atoms with Gasteiger partial charge in [-0.3, -0.25) is 0 Å². The lowest BCUT2D eigenvalue weighted by Crippen LogP contribution is -2.31. The van der Waals surface area contributed by atoms with Gasteiger partial charge in [-0.2, -0.15) is 4.58 Å². The summed E-state index contributed by atoms with van der Waals surface area (Å²) in [6.45, 7) is 0. The van der Waals surface area contributed by atoms with Gasteiger partial charge in [0.2, 0.25) is 23.7 Å². The maximum atomic E-state index is 6.47. The van der Waals surface area contributed by atoms with E-state index in [1.807, 2.05) is 12.5 Å². The van der Waals surface area contributed by atoms with Gasteiger partial charge in [-0.1, -0.05) is 127 Å². The summed E-state index contributed by atoms with van der Waals surface area (Å²) in [5.41, 5.74) is 18.7. The van der Waals surface area contributed by atoms with Crippen molar-refractivity contribution in [2.75, 3.05) is 0 Å². The molecule has 8 aromatic carbocycles. The number of rotatable bonds is 3. The van der Waals surface area contributed by atoms with E-state index in [4.69, 9.17) is 4.74 Å². The number of nitrogens with zero attached hydrogens (tertiary/aromatic N) is 3. The topological polar surface area (TPSA) is 22.1 Å². The standard InChI is InChI=1S/C56H36N3O/c1-2-14-36(15-3-1)57-30-31-60-56-35-50-40-17-5-4-16-39(40)47-32-37(58-51-22-10-6-18-43(51)44-19-7-11-23-52(44)58)26-28-41(47)42-29-27-38(33-48(42)49(50)34-55(56)57)59-53-24-12-8-20-45(53)46-21-9-13-25-54(46)59/h1-35,56H/q+1. The largest absolute Gasteiger partial charge is 0.477 e. The van der Waals surface area contributed by atoms with Crippen LogP contribution in [0.2, 0.25) is 0 Å². The maximum absolute atomic E-state index is 6.47. The second-order valence-electron chi connectivity index (χ2n) is 15.9. The first-order valence-corrected chi connectivity index (χ1v) is 20.6. The minimum Gasteiger partial charge on any atom is -0.477 e. The van der Waals surface area contributed by atoms with E-state index in [0.29, 0.717) is 0 Å².